The lowest BCUT2D eigenvalue weighted by Gasteiger charge is -2.47. The summed E-state index contributed by atoms with van der Waals surface area (Å²) in [5.74, 6) is 0.895. The van der Waals surface area contributed by atoms with E-state index in [0.29, 0.717) is 0 Å². The van der Waals surface area contributed by atoms with Gasteiger partial charge in [-0.15, -0.1) is 6.58 Å². The number of anilines is 1. The van der Waals surface area contributed by atoms with Crippen molar-refractivity contribution in [2.75, 3.05) is 31.6 Å². The van der Waals surface area contributed by atoms with Gasteiger partial charge in [0.1, 0.15) is 11.4 Å². The van der Waals surface area contributed by atoms with Gasteiger partial charge in [-0.2, -0.15) is 0 Å². The minimum atomic E-state index is -1.74. The molecule has 1 unspecified atom stereocenters. The van der Waals surface area contributed by atoms with Crippen LogP contribution < -0.4 is 10.6 Å². The summed E-state index contributed by atoms with van der Waals surface area (Å²) in [6.07, 6.45) is 12.1. The number of rotatable bonds is 10. The number of nitrogens with one attached hydrogen (secondary N) is 2. The highest BCUT2D eigenvalue weighted by Gasteiger charge is 2.45. The summed E-state index contributed by atoms with van der Waals surface area (Å²) in [6.45, 7) is 24.1. The average molecular weight is 538 g/mol. The highest BCUT2D eigenvalue weighted by Crippen LogP contribution is 2.37. The maximum atomic E-state index is 11.4. The van der Waals surface area contributed by atoms with E-state index in [4.69, 9.17) is 4.43 Å². The molecule has 3 heterocycles. The molecule has 1 aromatic rings. The van der Waals surface area contributed by atoms with Gasteiger partial charge in [-0.25, -0.2) is 5.01 Å². The minimum absolute atomic E-state index is 0.226. The van der Waals surface area contributed by atoms with E-state index in [1.165, 1.54) is 11.1 Å². The molecule has 208 valence electrons. The first kappa shape index (κ1) is 28.6. The Bertz CT molecular complexity index is 1110. The molecule has 7 nitrogen and oxygen atoms in total. The molecular formula is C30H47N5O2Si. The van der Waals surface area contributed by atoms with Crippen molar-refractivity contribution in [3.8, 4) is 0 Å². The van der Waals surface area contributed by atoms with Crippen molar-refractivity contribution in [1.29, 1.82) is 0 Å². The van der Waals surface area contributed by atoms with Gasteiger partial charge in [0.2, 0.25) is 0 Å². The van der Waals surface area contributed by atoms with Crippen LogP contribution in [0.25, 0.3) is 0 Å². The average Bonchev–Trinajstić information content (AvgIpc) is 3.44. The summed E-state index contributed by atoms with van der Waals surface area (Å²) in [7, 11) is -1.74. The summed E-state index contributed by atoms with van der Waals surface area (Å²) >= 11 is 0. The fourth-order valence-electron chi connectivity index (χ4n) is 4.86. The zero-order chi connectivity index (χ0) is 27.8. The zero-order valence-corrected chi connectivity index (χ0v) is 25.3. The first-order valence-corrected chi connectivity index (χ1v) is 16.6. The van der Waals surface area contributed by atoms with Crippen LogP contribution in [0.4, 0.5) is 5.69 Å². The molecule has 1 atom stereocenters. The van der Waals surface area contributed by atoms with Crippen molar-refractivity contribution in [2.24, 2.45) is 0 Å². The molecular weight excluding hydrogens is 490 g/mol. The highest BCUT2D eigenvalue weighted by atomic mass is 28.4. The lowest BCUT2D eigenvalue weighted by atomic mass is 9.88. The molecule has 3 N–H and O–H groups in total. The van der Waals surface area contributed by atoms with E-state index in [2.05, 4.69) is 96.5 Å². The SMILES string of the molecule is C=CCN1CC=CN1C1=CC=CC(Nc2ccc3c(c2)CN(CCO[Si](C)(C)C(C)(C)C)C3)(C(C)(C)O)N1. The standard InChI is InChI=1S/C30H47N5O2Si/c1-9-16-34-17-11-18-35(34)27-12-10-15-30(32-27,29(5,6)36)31-26-14-13-24-22-33(23-25(24)21-26)19-20-37-38(7,8)28(2,3)4/h9-15,18,21,31-32,36H,1,16-17,19-20,22-23H2,2-8H3. The Morgan fingerprint density at radius 1 is 1.18 bits per heavy atom. The molecule has 38 heavy (non-hydrogen) atoms. The fourth-order valence-corrected chi connectivity index (χ4v) is 5.89. The van der Waals surface area contributed by atoms with Crippen LogP contribution in [0.5, 0.6) is 0 Å². The number of benzene rings is 1. The van der Waals surface area contributed by atoms with Crippen molar-refractivity contribution in [2.45, 2.75) is 77.1 Å². The summed E-state index contributed by atoms with van der Waals surface area (Å²) < 4.78 is 6.42. The topological polar surface area (TPSA) is 63.2 Å². The number of dihydropyridines is 1. The van der Waals surface area contributed by atoms with Gasteiger partial charge in [0, 0.05) is 51.2 Å². The van der Waals surface area contributed by atoms with Gasteiger partial charge in [-0.1, -0.05) is 45.1 Å². The molecule has 0 bridgehead atoms. The van der Waals surface area contributed by atoms with Crippen molar-refractivity contribution in [3.05, 3.63) is 78.3 Å². The van der Waals surface area contributed by atoms with E-state index < -0.39 is 19.6 Å². The normalized spacial score (nSPS) is 22.4. The first-order chi connectivity index (χ1) is 17.7. The van der Waals surface area contributed by atoms with Gasteiger partial charge in [0.05, 0.1) is 0 Å². The zero-order valence-electron chi connectivity index (χ0n) is 24.3. The van der Waals surface area contributed by atoms with Crippen molar-refractivity contribution in [3.63, 3.8) is 0 Å². The third-order valence-corrected chi connectivity index (χ3v) is 12.9. The van der Waals surface area contributed by atoms with Crippen molar-refractivity contribution < 1.29 is 9.53 Å². The van der Waals surface area contributed by atoms with Gasteiger partial charge in [0.15, 0.2) is 14.0 Å². The molecule has 0 aliphatic carbocycles. The van der Waals surface area contributed by atoms with Crippen LogP contribution in [0.3, 0.4) is 0 Å². The third kappa shape index (κ3) is 5.94. The van der Waals surface area contributed by atoms with E-state index in [1.54, 1.807) is 0 Å². The molecule has 3 aliphatic heterocycles. The van der Waals surface area contributed by atoms with E-state index in [1.807, 2.05) is 38.2 Å². The van der Waals surface area contributed by atoms with Gasteiger partial charge in [-0.3, -0.25) is 9.91 Å². The molecule has 8 heteroatoms. The van der Waals surface area contributed by atoms with E-state index in [-0.39, 0.29) is 5.04 Å². The Hall–Kier alpha value is -2.36. The Morgan fingerprint density at radius 3 is 2.61 bits per heavy atom. The smallest absolute Gasteiger partial charge is 0.192 e. The molecule has 0 aromatic heterocycles. The molecule has 0 radical (unpaired) electrons. The molecule has 3 aliphatic rings. The lowest BCUT2D eigenvalue weighted by molar-refractivity contribution is 0.00555. The number of hydrogen-bond donors (Lipinski definition) is 3. The van der Waals surface area contributed by atoms with Crippen LogP contribution in [0.1, 0.15) is 45.7 Å². The molecule has 0 amide bonds. The van der Waals surface area contributed by atoms with Crippen molar-refractivity contribution >= 4 is 14.0 Å². The summed E-state index contributed by atoms with van der Waals surface area (Å²) in [5.41, 5.74) is 1.67. The summed E-state index contributed by atoms with van der Waals surface area (Å²) in [4.78, 5) is 2.46. The number of hydrogen-bond acceptors (Lipinski definition) is 7. The Labute approximate surface area is 230 Å². The molecule has 0 fully saturated rings. The monoisotopic (exact) mass is 537 g/mol. The van der Waals surface area contributed by atoms with E-state index in [0.717, 1.165) is 50.8 Å². The Balaban J connectivity index is 1.44. The van der Waals surface area contributed by atoms with Crippen LogP contribution in [-0.2, 0) is 17.5 Å². The van der Waals surface area contributed by atoms with Gasteiger partial charge >= 0.3 is 0 Å². The minimum Gasteiger partial charge on any atom is -0.416 e. The largest absolute Gasteiger partial charge is 0.416 e. The molecule has 0 saturated carbocycles. The summed E-state index contributed by atoms with van der Waals surface area (Å²) in [5, 5.41) is 23.1. The summed E-state index contributed by atoms with van der Waals surface area (Å²) in [6, 6.07) is 6.56. The number of fused-ring (bicyclic) bond motifs is 1. The predicted octanol–water partition coefficient (Wildman–Crippen LogP) is 5.14. The molecule has 4 rings (SSSR count). The second-order valence-electron chi connectivity index (χ2n) is 12.7. The number of hydrazine groups is 1. The van der Waals surface area contributed by atoms with Crippen LogP contribution in [0.2, 0.25) is 18.1 Å². The molecule has 1 aromatic carbocycles. The predicted molar refractivity (Wildman–Crippen MR) is 159 cm³/mol. The van der Waals surface area contributed by atoms with E-state index >= 15 is 0 Å². The van der Waals surface area contributed by atoms with Crippen LogP contribution >= 0.6 is 0 Å². The van der Waals surface area contributed by atoms with E-state index in [9.17, 15) is 5.11 Å². The van der Waals surface area contributed by atoms with Crippen LogP contribution in [0, 0.1) is 0 Å². The number of aliphatic hydroxyl groups is 1. The van der Waals surface area contributed by atoms with Crippen LogP contribution in [-0.4, -0.2) is 65.8 Å². The first-order valence-electron chi connectivity index (χ1n) is 13.7. The number of allylic oxidation sites excluding steroid dienone is 2. The van der Waals surface area contributed by atoms with Gasteiger partial charge in [0.25, 0.3) is 0 Å². The Kier molecular flexibility index (Phi) is 8.03. The number of nitrogens with zero attached hydrogens (tertiary/aromatic N) is 3. The highest BCUT2D eigenvalue weighted by molar-refractivity contribution is 6.74. The maximum Gasteiger partial charge on any atom is 0.192 e. The molecule has 0 saturated heterocycles. The second kappa shape index (κ2) is 10.7. The fraction of sp³-hybridized carbons (Fsp3) is 0.533. The van der Waals surface area contributed by atoms with Crippen molar-refractivity contribution in [1.82, 2.24) is 20.2 Å². The van der Waals surface area contributed by atoms with Gasteiger partial charge in [-0.05, 0) is 67.4 Å². The second-order valence-corrected chi connectivity index (χ2v) is 17.5. The maximum absolute atomic E-state index is 11.4. The third-order valence-electron chi connectivity index (χ3n) is 8.36. The lowest BCUT2D eigenvalue weighted by Crippen LogP contribution is -2.66. The molecule has 0 spiro atoms. The Morgan fingerprint density at radius 2 is 1.92 bits per heavy atom. The van der Waals surface area contributed by atoms with Gasteiger partial charge < -0.3 is 20.2 Å². The van der Waals surface area contributed by atoms with Crippen LogP contribution in [0.15, 0.2) is 67.2 Å². The quantitative estimate of drug-likeness (QED) is 0.282.